The molecule has 0 unspecified atom stereocenters. The number of rotatable bonds is 8. The van der Waals surface area contributed by atoms with Gasteiger partial charge in [-0.25, -0.2) is 8.42 Å². The van der Waals surface area contributed by atoms with Gasteiger partial charge in [0, 0.05) is 37.4 Å². The maximum absolute atomic E-state index is 13.1. The number of amides is 1. The number of piperazine rings is 1. The molecule has 5 rings (SSSR count). The van der Waals surface area contributed by atoms with Crippen LogP contribution in [0.4, 0.5) is 0 Å². The van der Waals surface area contributed by atoms with E-state index in [1.807, 2.05) is 66.1 Å². The van der Waals surface area contributed by atoms with Crippen LogP contribution in [0.5, 0.6) is 5.75 Å². The Balaban J connectivity index is 1.27. The first-order valence-electron chi connectivity index (χ1n) is 12.5. The molecule has 2 heterocycles. The van der Waals surface area contributed by atoms with Gasteiger partial charge in [0.1, 0.15) is 5.75 Å². The van der Waals surface area contributed by atoms with Crippen molar-refractivity contribution in [2.75, 3.05) is 39.0 Å². The Morgan fingerprint density at radius 2 is 1.56 bits per heavy atom. The highest BCUT2D eigenvalue weighted by Crippen LogP contribution is 2.29. The fourth-order valence-electron chi connectivity index (χ4n) is 4.36. The van der Waals surface area contributed by atoms with Crippen LogP contribution in [0.3, 0.4) is 0 Å². The van der Waals surface area contributed by atoms with Crippen LogP contribution >= 0.6 is 11.8 Å². The smallest absolute Gasteiger partial charge is 0.243 e. The molecule has 1 aromatic heterocycles. The highest BCUT2D eigenvalue weighted by Gasteiger charge is 2.30. The van der Waals surface area contributed by atoms with Crippen LogP contribution in [0.25, 0.3) is 17.1 Å². The van der Waals surface area contributed by atoms with E-state index in [0.29, 0.717) is 24.1 Å². The van der Waals surface area contributed by atoms with Crippen LogP contribution in [0.15, 0.2) is 88.9 Å². The minimum Gasteiger partial charge on any atom is -0.497 e. The van der Waals surface area contributed by atoms with Crippen LogP contribution in [-0.4, -0.2) is 77.3 Å². The summed E-state index contributed by atoms with van der Waals surface area (Å²) in [5, 5.41) is 9.43. The molecule has 0 radical (unpaired) electrons. The van der Waals surface area contributed by atoms with Gasteiger partial charge >= 0.3 is 0 Å². The number of nitrogens with zero attached hydrogens (tertiary/aromatic N) is 5. The van der Waals surface area contributed by atoms with Gasteiger partial charge in [-0.15, -0.1) is 10.2 Å². The maximum atomic E-state index is 13.1. The number of benzene rings is 3. The van der Waals surface area contributed by atoms with Gasteiger partial charge in [-0.05, 0) is 55.5 Å². The van der Waals surface area contributed by atoms with Crippen molar-refractivity contribution in [1.82, 2.24) is 24.0 Å². The molecule has 0 atom stereocenters. The van der Waals surface area contributed by atoms with E-state index in [9.17, 15) is 13.2 Å². The number of carbonyl (C=O) groups excluding carboxylic acids is 1. The van der Waals surface area contributed by atoms with Crippen molar-refractivity contribution in [2.45, 2.75) is 17.0 Å². The summed E-state index contributed by atoms with van der Waals surface area (Å²) in [6.07, 6.45) is 0. The molecule has 1 fully saturated rings. The standard InChI is InChI=1S/C28H29N5O4S2/c1-21-8-14-25(15-9-21)39(35,36)32-18-16-31(17-19-32)26(34)20-38-28-30-29-27(22-10-12-24(37-2)13-11-22)33(28)23-6-4-3-5-7-23/h3-15H,16-20H2,1-2H3. The zero-order valence-electron chi connectivity index (χ0n) is 21.7. The lowest BCUT2D eigenvalue weighted by Crippen LogP contribution is -2.50. The molecule has 1 saturated heterocycles. The Bertz CT molecular complexity index is 1530. The molecule has 0 spiro atoms. The SMILES string of the molecule is COc1ccc(-c2nnc(SCC(=O)N3CCN(S(=O)(=O)c4ccc(C)cc4)CC3)n2-c2ccccc2)cc1. The van der Waals surface area contributed by atoms with Crippen molar-refractivity contribution < 1.29 is 17.9 Å². The summed E-state index contributed by atoms with van der Waals surface area (Å²) in [5.74, 6) is 1.50. The predicted molar refractivity (Wildman–Crippen MR) is 151 cm³/mol. The summed E-state index contributed by atoms with van der Waals surface area (Å²) in [4.78, 5) is 15.1. The number of hydrogen-bond acceptors (Lipinski definition) is 7. The van der Waals surface area contributed by atoms with Crippen LogP contribution in [0.2, 0.25) is 0 Å². The summed E-state index contributed by atoms with van der Waals surface area (Å²) in [7, 11) is -1.97. The van der Waals surface area contributed by atoms with Gasteiger partial charge in [-0.1, -0.05) is 47.7 Å². The van der Waals surface area contributed by atoms with Crippen molar-refractivity contribution in [2.24, 2.45) is 0 Å². The van der Waals surface area contributed by atoms with E-state index in [2.05, 4.69) is 10.2 Å². The number of sulfonamides is 1. The average Bonchev–Trinajstić information content (AvgIpc) is 3.40. The Kier molecular flexibility index (Phi) is 8.01. The van der Waals surface area contributed by atoms with E-state index < -0.39 is 10.0 Å². The summed E-state index contributed by atoms with van der Waals surface area (Å²) < 4.78 is 34.7. The van der Waals surface area contributed by atoms with Crippen LogP contribution in [0.1, 0.15) is 5.56 Å². The van der Waals surface area contributed by atoms with Gasteiger partial charge in [0.15, 0.2) is 11.0 Å². The number of aryl methyl sites for hydroxylation is 1. The summed E-state index contributed by atoms with van der Waals surface area (Å²) >= 11 is 1.31. The van der Waals surface area contributed by atoms with Crippen LogP contribution in [-0.2, 0) is 14.8 Å². The molecule has 0 bridgehead atoms. The predicted octanol–water partition coefficient (Wildman–Crippen LogP) is 3.88. The fourth-order valence-corrected chi connectivity index (χ4v) is 6.63. The number of para-hydroxylation sites is 1. The topological polar surface area (TPSA) is 97.6 Å². The number of hydrogen-bond donors (Lipinski definition) is 0. The van der Waals surface area contributed by atoms with E-state index in [4.69, 9.17) is 4.74 Å². The van der Waals surface area contributed by atoms with Crippen molar-refractivity contribution in [3.63, 3.8) is 0 Å². The summed E-state index contributed by atoms with van der Waals surface area (Å²) in [5.41, 5.74) is 2.76. The molecular formula is C28H29N5O4S2. The lowest BCUT2D eigenvalue weighted by molar-refractivity contribution is -0.129. The second-order valence-electron chi connectivity index (χ2n) is 9.09. The van der Waals surface area contributed by atoms with Gasteiger partial charge in [0.2, 0.25) is 15.9 Å². The number of aromatic nitrogens is 3. The van der Waals surface area contributed by atoms with Crippen molar-refractivity contribution in [3.8, 4) is 22.8 Å². The molecule has 1 aliphatic heterocycles. The number of ether oxygens (including phenoxy) is 1. The Morgan fingerprint density at radius 3 is 2.21 bits per heavy atom. The molecule has 9 nitrogen and oxygen atoms in total. The second kappa shape index (κ2) is 11.6. The molecular weight excluding hydrogens is 534 g/mol. The quantitative estimate of drug-likeness (QED) is 0.300. The molecule has 3 aromatic carbocycles. The van der Waals surface area contributed by atoms with Crippen molar-refractivity contribution in [1.29, 1.82) is 0 Å². The number of thioether (sulfide) groups is 1. The molecule has 4 aromatic rings. The van der Waals surface area contributed by atoms with Crippen LogP contribution in [0, 0.1) is 6.92 Å². The van der Waals surface area contributed by atoms with Gasteiger partial charge in [0.05, 0.1) is 17.8 Å². The zero-order valence-corrected chi connectivity index (χ0v) is 23.4. The fraction of sp³-hybridized carbons (Fsp3) is 0.250. The minimum absolute atomic E-state index is 0.0685. The normalized spacial score (nSPS) is 14.4. The first-order chi connectivity index (χ1) is 18.9. The second-order valence-corrected chi connectivity index (χ2v) is 12.0. The molecule has 1 amide bonds. The van der Waals surface area contributed by atoms with Gasteiger partial charge in [-0.2, -0.15) is 4.31 Å². The molecule has 1 aliphatic rings. The van der Waals surface area contributed by atoms with E-state index in [1.54, 1.807) is 36.3 Å². The van der Waals surface area contributed by atoms with Crippen molar-refractivity contribution >= 4 is 27.7 Å². The maximum Gasteiger partial charge on any atom is 0.243 e. The van der Waals surface area contributed by atoms with E-state index in [0.717, 1.165) is 22.6 Å². The molecule has 202 valence electrons. The Labute approximate surface area is 232 Å². The molecule has 0 N–H and O–H groups in total. The van der Waals surface area contributed by atoms with E-state index in [-0.39, 0.29) is 29.6 Å². The molecule has 39 heavy (non-hydrogen) atoms. The van der Waals surface area contributed by atoms with E-state index >= 15 is 0 Å². The third-order valence-corrected chi connectivity index (χ3v) is 9.40. The van der Waals surface area contributed by atoms with Crippen LogP contribution < -0.4 is 4.74 Å². The molecule has 0 saturated carbocycles. The van der Waals surface area contributed by atoms with E-state index in [1.165, 1.54) is 16.1 Å². The monoisotopic (exact) mass is 563 g/mol. The third kappa shape index (κ3) is 5.85. The summed E-state index contributed by atoms with van der Waals surface area (Å²) in [6, 6.07) is 24.2. The number of carbonyl (C=O) groups is 1. The minimum atomic E-state index is -3.59. The summed E-state index contributed by atoms with van der Waals surface area (Å²) in [6.45, 7) is 3.11. The van der Waals surface area contributed by atoms with Gasteiger partial charge in [0.25, 0.3) is 0 Å². The Morgan fingerprint density at radius 1 is 0.897 bits per heavy atom. The molecule has 0 aliphatic carbocycles. The zero-order chi connectivity index (χ0) is 27.4. The highest BCUT2D eigenvalue weighted by molar-refractivity contribution is 7.99. The Hall–Kier alpha value is -3.67. The average molecular weight is 564 g/mol. The van der Waals surface area contributed by atoms with Gasteiger partial charge in [-0.3, -0.25) is 9.36 Å². The largest absolute Gasteiger partial charge is 0.497 e. The van der Waals surface area contributed by atoms with Crippen molar-refractivity contribution in [3.05, 3.63) is 84.4 Å². The highest BCUT2D eigenvalue weighted by atomic mass is 32.2. The molecule has 11 heteroatoms. The van der Waals surface area contributed by atoms with Gasteiger partial charge < -0.3 is 9.64 Å². The first-order valence-corrected chi connectivity index (χ1v) is 14.9. The lowest BCUT2D eigenvalue weighted by Gasteiger charge is -2.34. The lowest BCUT2D eigenvalue weighted by atomic mass is 10.2. The third-order valence-electron chi connectivity index (χ3n) is 6.57. The number of methoxy groups -OCH3 is 1. The first kappa shape index (κ1) is 26.9.